The third-order valence-electron chi connectivity index (χ3n) is 6.20. The van der Waals surface area contributed by atoms with Crippen LogP contribution < -0.4 is 5.32 Å². The minimum atomic E-state index is 0.773. The lowest BCUT2D eigenvalue weighted by atomic mass is 9.78. The maximum Gasteiger partial charge on any atom is 0.0200 e. The first-order valence-electron chi connectivity index (χ1n) is 9.74. The number of likely N-dealkylation sites (tertiary alicyclic amines) is 1. The maximum atomic E-state index is 4.05. The van der Waals surface area contributed by atoms with Crippen molar-refractivity contribution in [3.63, 3.8) is 0 Å². The second kappa shape index (κ2) is 7.46. The van der Waals surface area contributed by atoms with E-state index in [2.05, 4.69) is 24.1 Å². The molecule has 1 aliphatic heterocycles. The van der Waals surface area contributed by atoms with Gasteiger partial charge in [-0.15, -0.1) is 0 Å². The summed E-state index contributed by atoms with van der Waals surface area (Å²) in [4.78, 5) is 2.85. The van der Waals surface area contributed by atoms with Gasteiger partial charge in [-0.05, 0) is 50.4 Å². The summed E-state index contributed by atoms with van der Waals surface area (Å²) in [5.74, 6) is 1.92. The second-order valence-electron chi connectivity index (χ2n) is 8.27. The number of rotatable bonds is 5. The minimum Gasteiger partial charge on any atom is -0.310 e. The molecule has 2 atom stereocenters. The van der Waals surface area contributed by atoms with E-state index in [0.717, 1.165) is 30.0 Å². The molecule has 2 nitrogen and oxygen atoms in total. The van der Waals surface area contributed by atoms with Crippen LogP contribution in [0.4, 0.5) is 0 Å². The van der Waals surface area contributed by atoms with Gasteiger partial charge in [-0.3, -0.25) is 4.90 Å². The zero-order chi connectivity index (χ0) is 14.7. The molecule has 0 spiro atoms. The van der Waals surface area contributed by atoms with E-state index in [1.165, 1.54) is 77.3 Å². The van der Waals surface area contributed by atoms with E-state index in [-0.39, 0.29) is 0 Å². The summed E-state index contributed by atoms with van der Waals surface area (Å²) in [6.45, 7) is 7.48. The summed E-state index contributed by atoms with van der Waals surface area (Å²) in [7, 11) is 0. The molecule has 3 rings (SSSR count). The molecular formula is C19H36N2. The van der Waals surface area contributed by atoms with Crippen molar-refractivity contribution in [2.75, 3.05) is 13.1 Å². The highest BCUT2D eigenvalue weighted by atomic mass is 15.2. The van der Waals surface area contributed by atoms with Crippen LogP contribution in [-0.4, -0.2) is 36.1 Å². The SMILES string of the molecule is CCCC1CC(NC2CCCCC2)CN(C2CC(C)C2)C1. The highest BCUT2D eigenvalue weighted by Gasteiger charge is 2.36. The van der Waals surface area contributed by atoms with Crippen molar-refractivity contribution >= 4 is 0 Å². The van der Waals surface area contributed by atoms with Gasteiger partial charge in [0.05, 0.1) is 0 Å². The van der Waals surface area contributed by atoms with Crippen molar-refractivity contribution < 1.29 is 0 Å². The fourth-order valence-electron chi connectivity index (χ4n) is 5.04. The molecule has 0 radical (unpaired) electrons. The van der Waals surface area contributed by atoms with Gasteiger partial charge in [0.15, 0.2) is 0 Å². The molecule has 2 unspecified atom stereocenters. The Hall–Kier alpha value is -0.0800. The molecule has 0 bridgehead atoms. The highest BCUT2D eigenvalue weighted by molar-refractivity contribution is 4.93. The van der Waals surface area contributed by atoms with Crippen LogP contribution in [0.15, 0.2) is 0 Å². The molecule has 1 heterocycles. The molecule has 122 valence electrons. The standard InChI is InChI=1S/C19H36N2/c1-3-7-16-12-18(20-17-8-5-4-6-9-17)14-21(13-16)19-10-15(2)11-19/h15-20H,3-14H2,1-2H3. The van der Waals surface area contributed by atoms with Gasteiger partial charge in [0, 0.05) is 31.2 Å². The van der Waals surface area contributed by atoms with Gasteiger partial charge >= 0.3 is 0 Å². The third-order valence-corrected chi connectivity index (χ3v) is 6.20. The van der Waals surface area contributed by atoms with Crippen molar-refractivity contribution in [1.29, 1.82) is 0 Å². The molecule has 0 aromatic rings. The zero-order valence-electron chi connectivity index (χ0n) is 14.3. The average molecular weight is 293 g/mol. The fourth-order valence-corrected chi connectivity index (χ4v) is 5.04. The molecule has 2 saturated carbocycles. The van der Waals surface area contributed by atoms with Gasteiger partial charge in [-0.25, -0.2) is 0 Å². The van der Waals surface area contributed by atoms with Crippen LogP contribution in [0.5, 0.6) is 0 Å². The molecule has 1 N–H and O–H groups in total. The first-order valence-corrected chi connectivity index (χ1v) is 9.74. The number of piperidine rings is 1. The first-order chi connectivity index (χ1) is 10.2. The van der Waals surface area contributed by atoms with Crippen molar-refractivity contribution in [2.24, 2.45) is 11.8 Å². The highest BCUT2D eigenvalue weighted by Crippen LogP contribution is 2.35. The van der Waals surface area contributed by atoms with Crippen LogP contribution in [0.3, 0.4) is 0 Å². The molecule has 2 aliphatic carbocycles. The molecule has 2 heteroatoms. The number of nitrogens with one attached hydrogen (secondary N) is 1. The molecular weight excluding hydrogens is 256 g/mol. The van der Waals surface area contributed by atoms with E-state index in [1.54, 1.807) is 0 Å². The van der Waals surface area contributed by atoms with Crippen LogP contribution in [0, 0.1) is 11.8 Å². The normalized spacial score (nSPS) is 39.1. The van der Waals surface area contributed by atoms with E-state index in [9.17, 15) is 0 Å². The number of hydrogen-bond donors (Lipinski definition) is 1. The lowest BCUT2D eigenvalue weighted by molar-refractivity contribution is 0.0287. The second-order valence-corrected chi connectivity index (χ2v) is 8.27. The quantitative estimate of drug-likeness (QED) is 0.817. The summed E-state index contributed by atoms with van der Waals surface area (Å²) in [6, 6.07) is 2.51. The van der Waals surface area contributed by atoms with E-state index in [0.29, 0.717) is 0 Å². The van der Waals surface area contributed by atoms with Crippen molar-refractivity contribution in [3.05, 3.63) is 0 Å². The van der Waals surface area contributed by atoms with E-state index < -0.39 is 0 Å². The van der Waals surface area contributed by atoms with Gasteiger partial charge in [-0.2, -0.15) is 0 Å². The smallest absolute Gasteiger partial charge is 0.0200 e. The largest absolute Gasteiger partial charge is 0.310 e. The predicted octanol–water partition coefficient (Wildman–Crippen LogP) is 4.20. The molecule has 0 aromatic carbocycles. The molecule has 21 heavy (non-hydrogen) atoms. The topological polar surface area (TPSA) is 15.3 Å². The van der Waals surface area contributed by atoms with Gasteiger partial charge in [-0.1, -0.05) is 39.5 Å². The molecule has 0 aromatic heterocycles. The summed E-state index contributed by atoms with van der Waals surface area (Å²) in [6.07, 6.45) is 14.3. The van der Waals surface area contributed by atoms with E-state index in [1.807, 2.05) is 0 Å². The van der Waals surface area contributed by atoms with Crippen LogP contribution in [-0.2, 0) is 0 Å². The van der Waals surface area contributed by atoms with Crippen LogP contribution in [0.25, 0.3) is 0 Å². The predicted molar refractivity (Wildman–Crippen MR) is 90.6 cm³/mol. The van der Waals surface area contributed by atoms with Gasteiger partial charge < -0.3 is 5.32 Å². The third kappa shape index (κ3) is 4.22. The maximum absolute atomic E-state index is 4.05. The molecule has 3 fully saturated rings. The van der Waals surface area contributed by atoms with Gasteiger partial charge in [0.2, 0.25) is 0 Å². The summed E-state index contributed by atoms with van der Waals surface area (Å²) in [5.41, 5.74) is 0. The van der Waals surface area contributed by atoms with Crippen LogP contribution >= 0.6 is 0 Å². The van der Waals surface area contributed by atoms with Gasteiger partial charge in [0.25, 0.3) is 0 Å². The Morgan fingerprint density at radius 3 is 2.38 bits per heavy atom. The molecule has 1 saturated heterocycles. The summed E-state index contributed by atoms with van der Waals surface area (Å²) in [5, 5.41) is 4.05. The van der Waals surface area contributed by atoms with Crippen LogP contribution in [0.2, 0.25) is 0 Å². The lowest BCUT2D eigenvalue weighted by Gasteiger charge is -2.48. The Morgan fingerprint density at radius 1 is 0.952 bits per heavy atom. The van der Waals surface area contributed by atoms with E-state index >= 15 is 0 Å². The summed E-state index contributed by atoms with van der Waals surface area (Å²) < 4.78 is 0. The summed E-state index contributed by atoms with van der Waals surface area (Å²) >= 11 is 0. The number of nitrogens with zero attached hydrogens (tertiary/aromatic N) is 1. The Bertz CT molecular complexity index is 305. The van der Waals surface area contributed by atoms with Crippen LogP contribution in [0.1, 0.15) is 78.1 Å². The van der Waals surface area contributed by atoms with Crippen molar-refractivity contribution in [1.82, 2.24) is 10.2 Å². The van der Waals surface area contributed by atoms with Gasteiger partial charge in [0.1, 0.15) is 0 Å². The Labute approximate surface area is 132 Å². The van der Waals surface area contributed by atoms with E-state index in [4.69, 9.17) is 0 Å². The Morgan fingerprint density at radius 2 is 1.71 bits per heavy atom. The lowest BCUT2D eigenvalue weighted by Crippen LogP contribution is -2.57. The monoisotopic (exact) mass is 292 g/mol. The zero-order valence-corrected chi connectivity index (χ0v) is 14.3. The average Bonchev–Trinajstić information content (AvgIpc) is 2.45. The minimum absolute atomic E-state index is 0.773. The Balaban J connectivity index is 1.53. The van der Waals surface area contributed by atoms with Crippen molar-refractivity contribution in [2.45, 2.75) is 96.2 Å². The Kier molecular flexibility index (Phi) is 5.61. The first kappa shape index (κ1) is 15.8. The molecule has 3 aliphatic rings. The molecule has 0 amide bonds. The fraction of sp³-hybridized carbons (Fsp3) is 1.00. The number of hydrogen-bond acceptors (Lipinski definition) is 2. The van der Waals surface area contributed by atoms with Crippen molar-refractivity contribution in [3.8, 4) is 0 Å².